The number of unbranched alkanes of at least 4 members (excludes halogenated alkanes) is 1. The first kappa shape index (κ1) is 62.8. The van der Waals surface area contributed by atoms with Crippen LogP contribution in [0, 0.1) is 27.0 Å². The number of rotatable bonds is 1. The van der Waals surface area contributed by atoms with Crippen LogP contribution in [0.25, 0.3) is 0 Å². The van der Waals surface area contributed by atoms with Gasteiger partial charge in [0.2, 0.25) is 0 Å². The first-order valence-corrected chi connectivity index (χ1v) is 11.7. The van der Waals surface area contributed by atoms with Crippen molar-refractivity contribution in [2.24, 2.45) is 0 Å². The zero-order valence-corrected chi connectivity index (χ0v) is 36.8. The molecule has 4 heteroatoms. The van der Waals surface area contributed by atoms with Gasteiger partial charge in [-0.25, -0.2) is 0 Å². The molecule has 0 fully saturated rings. The molecule has 0 aliphatic heterocycles. The maximum atomic E-state index is 2.89. The molecule has 0 unspecified atom stereocenters. The summed E-state index contributed by atoms with van der Waals surface area (Å²) < 4.78 is 0. The molecule has 0 heterocycles. The molecule has 0 saturated carbocycles. The molecule has 4 aromatic rings. The molecular formula is C34H50Y4-4. The Labute approximate surface area is 340 Å². The maximum Gasteiger partial charge on any atom is 0 e. The Morgan fingerprint density at radius 3 is 0.500 bits per heavy atom. The van der Waals surface area contributed by atoms with Gasteiger partial charge in [0.1, 0.15) is 0 Å². The van der Waals surface area contributed by atoms with E-state index in [-0.39, 0.29) is 146 Å². The van der Waals surface area contributed by atoms with Gasteiger partial charge in [0.25, 0.3) is 0 Å². The van der Waals surface area contributed by atoms with E-state index < -0.39 is 0 Å². The fourth-order valence-electron chi connectivity index (χ4n) is 1.45. The van der Waals surface area contributed by atoms with Crippen LogP contribution in [0.1, 0.15) is 54.4 Å². The Kier molecular flexibility index (Phi) is 118. The predicted octanol–water partition coefficient (Wildman–Crippen LogP) is 11.1. The van der Waals surface area contributed by atoms with Crippen molar-refractivity contribution >= 4 is 0 Å². The molecule has 0 spiro atoms. The van der Waals surface area contributed by atoms with Crippen molar-refractivity contribution in [1.82, 2.24) is 0 Å². The van der Waals surface area contributed by atoms with E-state index >= 15 is 0 Å². The molecule has 4 rings (SSSR count). The zero-order valence-electron chi connectivity index (χ0n) is 25.4. The van der Waals surface area contributed by atoms with Crippen LogP contribution < -0.4 is 0 Å². The van der Waals surface area contributed by atoms with Crippen LogP contribution in [-0.4, -0.2) is 0 Å². The summed E-state index contributed by atoms with van der Waals surface area (Å²) in [6.07, 6.45) is 2.64. The first-order valence-electron chi connectivity index (χ1n) is 11.7. The molecule has 0 bridgehead atoms. The van der Waals surface area contributed by atoms with Crippen LogP contribution in [-0.2, 0) is 131 Å². The van der Waals surface area contributed by atoms with Crippen molar-refractivity contribution in [2.75, 3.05) is 0 Å². The molecule has 0 amide bonds. The summed E-state index contributed by atoms with van der Waals surface area (Å²) in [5.41, 5.74) is 0. The van der Waals surface area contributed by atoms with Gasteiger partial charge in [0.15, 0.2) is 0 Å². The summed E-state index contributed by atoms with van der Waals surface area (Å²) in [4.78, 5) is 0. The second-order valence-corrected chi connectivity index (χ2v) is 5.46. The summed E-state index contributed by atoms with van der Waals surface area (Å²) in [5.74, 6) is 0. The van der Waals surface area contributed by atoms with Crippen molar-refractivity contribution in [3.05, 3.63) is 160 Å². The molecule has 0 N–H and O–H groups in total. The molecule has 4 aromatic carbocycles. The van der Waals surface area contributed by atoms with E-state index in [1.54, 1.807) is 0 Å². The Hall–Kier alpha value is 1.30. The van der Waals surface area contributed by atoms with Gasteiger partial charge in [-0.3, -0.25) is 0 Å². The summed E-state index contributed by atoms with van der Waals surface area (Å²) in [6.45, 7) is 12.4. The zero-order chi connectivity index (χ0) is 24.4. The average Bonchev–Trinajstić information content (AvgIpc) is 2.96. The first-order chi connectivity index (χ1) is 15.9. The number of hydrogen-bond donors (Lipinski definition) is 0. The van der Waals surface area contributed by atoms with E-state index in [9.17, 15) is 0 Å². The molecule has 0 saturated heterocycles. The Balaban J connectivity index is -0.0000000370. The fraction of sp³-hybridized carbons (Fsp3) is 0.235. The third-order valence-corrected chi connectivity index (χ3v) is 3.05. The largest absolute Gasteiger partial charge is 0.358 e. The van der Waals surface area contributed by atoms with E-state index in [4.69, 9.17) is 0 Å². The van der Waals surface area contributed by atoms with Gasteiger partial charge in [-0.2, -0.15) is 72.8 Å². The van der Waals surface area contributed by atoms with Gasteiger partial charge < -0.3 is 14.9 Å². The molecule has 0 aliphatic carbocycles. The SMILES string of the molecule is CC.CC.CCCC.[CH3-].[CH3-].[Y].[Y].[Y].[Y].[c-]1ccccc1.[c-]1ccccc1.c1ccccc1.c1ccccc1. The Morgan fingerprint density at radius 2 is 0.447 bits per heavy atom. The number of benzene rings is 4. The molecule has 0 aliphatic rings. The van der Waals surface area contributed by atoms with Crippen molar-refractivity contribution in [1.29, 1.82) is 0 Å². The van der Waals surface area contributed by atoms with Crippen LogP contribution in [0.2, 0.25) is 0 Å². The van der Waals surface area contributed by atoms with Crippen LogP contribution in [0.5, 0.6) is 0 Å². The van der Waals surface area contributed by atoms with E-state index in [1.165, 1.54) is 12.8 Å². The van der Waals surface area contributed by atoms with Gasteiger partial charge in [-0.05, 0) is 0 Å². The van der Waals surface area contributed by atoms with E-state index in [2.05, 4.69) is 26.0 Å². The van der Waals surface area contributed by atoms with E-state index in [0.717, 1.165) is 0 Å². The van der Waals surface area contributed by atoms with Crippen molar-refractivity contribution in [3.63, 3.8) is 0 Å². The molecule has 0 atom stereocenters. The Bertz CT molecular complexity index is 460. The van der Waals surface area contributed by atoms with E-state index in [0.29, 0.717) is 0 Å². The summed E-state index contributed by atoms with van der Waals surface area (Å²) in [6, 6.07) is 49.0. The normalized spacial score (nSPS) is 6.16. The topological polar surface area (TPSA) is 0 Å². The van der Waals surface area contributed by atoms with Gasteiger partial charge in [-0.15, -0.1) is 0 Å². The minimum atomic E-state index is 0. The minimum Gasteiger partial charge on any atom is -0.358 e. The van der Waals surface area contributed by atoms with Crippen LogP contribution in [0.4, 0.5) is 0 Å². The van der Waals surface area contributed by atoms with Crippen LogP contribution >= 0.6 is 0 Å². The molecule has 4 radical (unpaired) electrons. The van der Waals surface area contributed by atoms with E-state index in [1.807, 2.05) is 161 Å². The van der Waals surface area contributed by atoms with Crippen molar-refractivity contribution < 1.29 is 131 Å². The molecule has 202 valence electrons. The van der Waals surface area contributed by atoms with Crippen molar-refractivity contribution in [2.45, 2.75) is 54.4 Å². The third-order valence-electron chi connectivity index (χ3n) is 3.05. The summed E-state index contributed by atoms with van der Waals surface area (Å²) >= 11 is 0. The predicted molar refractivity (Wildman–Crippen MR) is 160 cm³/mol. The number of hydrogen-bond acceptors (Lipinski definition) is 0. The second kappa shape index (κ2) is 71.5. The fourth-order valence-corrected chi connectivity index (χ4v) is 1.45. The third kappa shape index (κ3) is 71.1. The standard InChI is InChI=1S/2C6H6.2C6H5.C4H10.2C2H6.2CH3.4Y/c4*1-2-4-6-5-3-1;1-3-4-2;2*1-2;;;;;;/h2*1-6H;2*1-5H;3-4H2,1-2H3;2*1-2H3;2*1H3;;;;/q;;2*-1;;;;2*-1;;;;. The maximum absolute atomic E-state index is 2.89. The van der Waals surface area contributed by atoms with Gasteiger partial charge in [-0.1, -0.05) is 127 Å². The summed E-state index contributed by atoms with van der Waals surface area (Å²) in [5, 5.41) is 0. The Morgan fingerprint density at radius 1 is 0.316 bits per heavy atom. The average molecular weight is 814 g/mol. The molecule has 0 aromatic heterocycles. The smallest absolute Gasteiger partial charge is 0 e. The molecule has 0 nitrogen and oxygen atoms in total. The van der Waals surface area contributed by atoms with Crippen LogP contribution in [0.3, 0.4) is 0 Å². The molecule has 38 heavy (non-hydrogen) atoms. The van der Waals surface area contributed by atoms with Crippen molar-refractivity contribution in [3.8, 4) is 0 Å². The monoisotopic (exact) mass is 814 g/mol. The quantitative estimate of drug-likeness (QED) is 0.168. The van der Waals surface area contributed by atoms with Crippen LogP contribution in [0.15, 0.2) is 133 Å². The summed E-state index contributed by atoms with van der Waals surface area (Å²) in [7, 11) is 0. The minimum absolute atomic E-state index is 0. The second-order valence-electron chi connectivity index (χ2n) is 5.46. The molecular weight excluding hydrogens is 764 g/mol. The van der Waals surface area contributed by atoms with Gasteiger partial charge in [0, 0.05) is 131 Å². The van der Waals surface area contributed by atoms with Gasteiger partial charge in [0.05, 0.1) is 0 Å². The van der Waals surface area contributed by atoms with Gasteiger partial charge >= 0.3 is 0 Å².